The lowest BCUT2D eigenvalue weighted by molar-refractivity contribution is -0.150. The van der Waals surface area contributed by atoms with Gasteiger partial charge in [-0.2, -0.15) is 8.78 Å². The standard InChI is InChI=1S/C10H15F2NO/c1-3-5-6-13-7-8(4-2)10(11,12)9(13)14/h3,5,8H,4,6-7H2,1-2H3/b5-3+. The zero-order valence-electron chi connectivity index (χ0n) is 8.46. The number of nitrogens with zero attached hydrogens (tertiary/aromatic N) is 1. The predicted octanol–water partition coefficient (Wildman–Crippen LogP) is 2.07. The third kappa shape index (κ3) is 1.79. The van der Waals surface area contributed by atoms with E-state index in [0.717, 1.165) is 0 Å². The van der Waals surface area contributed by atoms with E-state index in [1.165, 1.54) is 4.90 Å². The summed E-state index contributed by atoms with van der Waals surface area (Å²) in [5.41, 5.74) is 0. The first-order chi connectivity index (χ1) is 6.54. The van der Waals surface area contributed by atoms with E-state index in [9.17, 15) is 13.6 Å². The van der Waals surface area contributed by atoms with Gasteiger partial charge in [-0.1, -0.05) is 19.1 Å². The summed E-state index contributed by atoms with van der Waals surface area (Å²) in [6.07, 6.45) is 3.81. The van der Waals surface area contributed by atoms with Gasteiger partial charge in [0.15, 0.2) is 0 Å². The summed E-state index contributed by atoms with van der Waals surface area (Å²) in [5.74, 6) is -5.00. The molecule has 1 heterocycles. The van der Waals surface area contributed by atoms with Crippen molar-refractivity contribution in [2.75, 3.05) is 13.1 Å². The van der Waals surface area contributed by atoms with Crippen molar-refractivity contribution in [2.45, 2.75) is 26.2 Å². The van der Waals surface area contributed by atoms with Crippen LogP contribution in [0.25, 0.3) is 0 Å². The Labute approximate surface area is 82.6 Å². The fourth-order valence-corrected chi connectivity index (χ4v) is 1.62. The zero-order valence-corrected chi connectivity index (χ0v) is 8.46. The van der Waals surface area contributed by atoms with E-state index in [0.29, 0.717) is 13.0 Å². The molecule has 1 amide bonds. The van der Waals surface area contributed by atoms with Crippen LogP contribution in [-0.4, -0.2) is 29.8 Å². The highest BCUT2D eigenvalue weighted by molar-refractivity contribution is 5.86. The van der Waals surface area contributed by atoms with Crippen LogP contribution in [-0.2, 0) is 4.79 Å². The predicted molar refractivity (Wildman–Crippen MR) is 50.1 cm³/mol. The molecule has 0 bridgehead atoms. The summed E-state index contributed by atoms with van der Waals surface area (Å²) in [6, 6.07) is 0. The van der Waals surface area contributed by atoms with E-state index in [1.54, 1.807) is 26.0 Å². The smallest absolute Gasteiger partial charge is 0.329 e. The second-order valence-electron chi connectivity index (χ2n) is 3.51. The summed E-state index contributed by atoms with van der Waals surface area (Å²) in [4.78, 5) is 12.5. The molecular weight excluding hydrogens is 188 g/mol. The molecule has 0 radical (unpaired) electrons. The van der Waals surface area contributed by atoms with E-state index in [-0.39, 0.29) is 6.54 Å². The SMILES string of the molecule is C/C=C/CN1CC(CC)C(F)(F)C1=O. The van der Waals surface area contributed by atoms with Crippen molar-refractivity contribution in [3.05, 3.63) is 12.2 Å². The molecule has 0 N–H and O–H groups in total. The Balaban J connectivity index is 2.72. The van der Waals surface area contributed by atoms with Crippen molar-refractivity contribution in [2.24, 2.45) is 5.92 Å². The third-order valence-corrected chi connectivity index (χ3v) is 2.58. The van der Waals surface area contributed by atoms with E-state index in [2.05, 4.69) is 0 Å². The van der Waals surface area contributed by atoms with Crippen LogP contribution in [0, 0.1) is 5.92 Å². The number of halogens is 2. The molecule has 0 spiro atoms. The van der Waals surface area contributed by atoms with Gasteiger partial charge in [-0.25, -0.2) is 0 Å². The molecule has 0 saturated carbocycles. The van der Waals surface area contributed by atoms with Gasteiger partial charge in [-0.05, 0) is 13.3 Å². The second-order valence-corrected chi connectivity index (χ2v) is 3.51. The molecule has 1 rings (SSSR count). The summed E-state index contributed by atoms with van der Waals surface area (Å²) >= 11 is 0. The molecule has 1 unspecified atom stereocenters. The van der Waals surface area contributed by atoms with Crippen molar-refractivity contribution >= 4 is 5.91 Å². The maximum atomic E-state index is 13.3. The van der Waals surface area contributed by atoms with Gasteiger partial charge in [0.1, 0.15) is 0 Å². The van der Waals surface area contributed by atoms with E-state index in [1.807, 2.05) is 0 Å². The first-order valence-electron chi connectivity index (χ1n) is 4.82. The maximum absolute atomic E-state index is 13.3. The molecule has 1 atom stereocenters. The zero-order chi connectivity index (χ0) is 10.8. The Morgan fingerprint density at radius 1 is 1.64 bits per heavy atom. The molecule has 2 nitrogen and oxygen atoms in total. The van der Waals surface area contributed by atoms with Crippen LogP contribution in [0.1, 0.15) is 20.3 Å². The molecule has 4 heteroatoms. The highest BCUT2D eigenvalue weighted by Gasteiger charge is 2.54. The number of allylic oxidation sites excluding steroid dienone is 1. The molecule has 1 saturated heterocycles. The molecule has 1 aliphatic heterocycles. The fourth-order valence-electron chi connectivity index (χ4n) is 1.62. The van der Waals surface area contributed by atoms with Crippen molar-refractivity contribution in [1.82, 2.24) is 4.90 Å². The summed E-state index contributed by atoms with van der Waals surface area (Å²) in [5, 5.41) is 0. The number of hydrogen-bond acceptors (Lipinski definition) is 1. The van der Waals surface area contributed by atoms with E-state index in [4.69, 9.17) is 0 Å². The fraction of sp³-hybridized carbons (Fsp3) is 0.700. The van der Waals surface area contributed by atoms with Gasteiger partial charge in [0.2, 0.25) is 0 Å². The van der Waals surface area contributed by atoms with Crippen LogP contribution >= 0.6 is 0 Å². The van der Waals surface area contributed by atoms with Crippen LogP contribution in [0.4, 0.5) is 8.78 Å². The minimum Gasteiger partial charge on any atom is -0.333 e. The molecular formula is C10H15F2NO. The van der Waals surface area contributed by atoms with Gasteiger partial charge in [0.25, 0.3) is 5.91 Å². The molecule has 14 heavy (non-hydrogen) atoms. The van der Waals surface area contributed by atoms with Crippen LogP contribution in [0.5, 0.6) is 0 Å². The van der Waals surface area contributed by atoms with Gasteiger partial charge in [0, 0.05) is 19.0 Å². The van der Waals surface area contributed by atoms with Crippen molar-refractivity contribution in [3.8, 4) is 0 Å². The lowest BCUT2D eigenvalue weighted by atomic mass is 10.0. The third-order valence-electron chi connectivity index (χ3n) is 2.58. The quantitative estimate of drug-likeness (QED) is 0.643. The van der Waals surface area contributed by atoms with Crippen molar-refractivity contribution in [1.29, 1.82) is 0 Å². The number of hydrogen-bond donors (Lipinski definition) is 0. The average molecular weight is 203 g/mol. The van der Waals surface area contributed by atoms with Gasteiger partial charge >= 0.3 is 5.92 Å². The van der Waals surface area contributed by atoms with Gasteiger partial charge < -0.3 is 4.90 Å². The Bertz CT molecular complexity index is 251. The first-order valence-corrected chi connectivity index (χ1v) is 4.82. The lowest BCUT2D eigenvalue weighted by Gasteiger charge is -2.13. The lowest BCUT2D eigenvalue weighted by Crippen LogP contribution is -2.35. The highest BCUT2D eigenvalue weighted by Crippen LogP contribution is 2.36. The van der Waals surface area contributed by atoms with Crippen LogP contribution in [0.3, 0.4) is 0 Å². The monoisotopic (exact) mass is 203 g/mol. The van der Waals surface area contributed by atoms with E-state index >= 15 is 0 Å². The summed E-state index contributed by atoms with van der Waals surface area (Å²) in [6.45, 7) is 3.95. The van der Waals surface area contributed by atoms with Crippen LogP contribution in [0.2, 0.25) is 0 Å². The Kier molecular flexibility index (Phi) is 3.24. The normalized spacial score (nSPS) is 26.4. The molecule has 80 valence electrons. The molecule has 0 aliphatic carbocycles. The van der Waals surface area contributed by atoms with Gasteiger partial charge in [-0.3, -0.25) is 4.79 Å². The Morgan fingerprint density at radius 3 is 2.71 bits per heavy atom. The van der Waals surface area contributed by atoms with Crippen LogP contribution < -0.4 is 0 Å². The number of carbonyl (C=O) groups is 1. The molecule has 0 aromatic rings. The number of amides is 1. The minimum absolute atomic E-state index is 0.173. The summed E-state index contributed by atoms with van der Waals surface area (Å²) in [7, 11) is 0. The van der Waals surface area contributed by atoms with Crippen molar-refractivity contribution < 1.29 is 13.6 Å². The van der Waals surface area contributed by atoms with Gasteiger partial charge in [0.05, 0.1) is 0 Å². The summed E-state index contributed by atoms with van der Waals surface area (Å²) < 4.78 is 26.5. The van der Waals surface area contributed by atoms with Gasteiger partial charge in [-0.15, -0.1) is 0 Å². The topological polar surface area (TPSA) is 20.3 Å². The highest BCUT2D eigenvalue weighted by atomic mass is 19.3. The number of alkyl halides is 2. The molecule has 1 fully saturated rings. The number of likely N-dealkylation sites (tertiary alicyclic amines) is 1. The number of carbonyl (C=O) groups excluding carboxylic acids is 1. The average Bonchev–Trinajstić information content (AvgIpc) is 2.37. The van der Waals surface area contributed by atoms with E-state index < -0.39 is 17.7 Å². The Hall–Kier alpha value is -0.930. The maximum Gasteiger partial charge on any atom is 0.329 e. The largest absolute Gasteiger partial charge is 0.333 e. The molecule has 0 aromatic heterocycles. The Morgan fingerprint density at radius 2 is 2.29 bits per heavy atom. The van der Waals surface area contributed by atoms with Crippen molar-refractivity contribution in [3.63, 3.8) is 0 Å². The minimum atomic E-state index is -3.16. The first kappa shape index (κ1) is 11.1. The second kappa shape index (κ2) is 4.07. The molecule has 1 aliphatic rings. The number of rotatable bonds is 3. The van der Waals surface area contributed by atoms with Crippen LogP contribution in [0.15, 0.2) is 12.2 Å². The molecule has 0 aromatic carbocycles.